The third kappa shape index (κ3) is 10.9. The van der Waals surface area contributed by atoms with Crippen LogP contribution in [0, 0.1) is 5.92 Å². The monoisotopic (exact) mass is 215 g/mol. The Labute approximate surface area is 91.1 Å². The van der Waals surface area contributed by atoms with Crippen LogP contribution in [0.2, 0.25) is 0 Å². The van der Waals surface area contributed by atoms with Gasteiger partial charge in [0.1, 0.15) is 0 Å². The lowest BCUT2D eigenvalue weighted by molar-refractivity contribution is -0.137. The number of carboxylic acid groups (broad SMARTS) is 1. The van der Waals surface area contributed by atoms with Crippen LogP contribution in [-0.4, -0.2) is 23.5 Å². The number of carbonyl (C=O) groups excluding carboxylic acids is 1. The standard InChI is InChI=1S/C11H21NO3/c1-9(2)7-8-12-10(13)5-3-4-6-11(14)15/h9H,3-8H2,1-2H3,(H,12,13)(H,14,15). The summed E-state index contributed by atoms with van der Waals surface area (Å²) >= 11 is 0. The van der Waals surface area contributed by atoms with Gasteiger partial charge < -0.3 is 10.4 Å². The first-order valence-corrected chi connectivity index (χ1v) is 5.51. The number of unbranched alkanes of at least 4 members (excludes halogenated alkanes) is 1. The molecule has 88 valence electrons. The summed E-state index contributed by atoms with van der Waals surface area (Å²) in [6.07, 6.45) is 2.80. The Bertz CT molecular complexity index is 202. The van der Waals surface area contributed by atoms with Crippen molar-refractivity contribution in [2.45, 2.75) is 46.0 Å². The fourth-order valence-electron chi connectivity index (χ4n) is 1.15. The van der Waals surface area contributed by atoms with Crippen LogP contribution in [0.5, 0.6) is 0 Å². The first-order chi connectivity index (χ1) is 7.02. The van der Waals surface area contributed by atoms with Gasteiger partial charge in [0.25, 0.3) is 0 Å². The number of aliphatic carboxylic acids is 1. The molecule has 0 rings (SSSR count). The van der Waals surface area contributed by atoms with Crippen molar-refractivity contribution < 1.29 is 14.7 Å². The summed E-state index contributed by atoms with van der Waals surface area (Å²) in [6.45, 7) is 4.94. The lowest BCUT2D eigenvalue weighted by atomic mass is 10.1. The highest BCUT2D eigenvalue weighted by Gasteiger charge is 2.02. The van der Waals surface area contributed by atoms with Crippen LogP contribution in [0.4, 0.5) is 0 Å². The lowest BCUT2D eigenvalue weighted by Gasteiger charge is -2.06. The van der Waals surface area contributed by atoms with E-state index >= 15 is 0 Å². The van der Waals surface area contributed by atoms with Gasteiger partial charge in [-0.25, -0.2) is 0 Å². The second-order valence-electron chi connectivity index (χ2n) is 4.13. The molecular weight excluding hydrogens is 194 g/mol. The van der Waals surface area contributed by atoms with Crippen molar-refractivity contribution >= 4 is 11.9 Å². The Balaban J connectivity index is 3.30. The van der Waals surface area contributed by atoms with E-state index in [0.717, 1.165) is 13.0 Å². The molecule has 0 fully saturated rings. The number of nitrogens with one attached hydrogen (secondary N) is 1. The Hall–Kier alpha value is -1.06. The van der Waals surface area contributed by atoms with Gasteiger partial charge in [0.2, 0.25) is 5.91 Å². The van der Waals surface area contributed by atoms with Crippen LogP contribution in [0.3, 0.4) is 0 Å². The van der Waals surface area contributed by atoms with E-state index in [2.05, 4.69) is 19.2 Å². The SMILES string of the molecule is CC(C)CCNC(=O)CCCCC(=O)O. The minimum Gasteiger partial charge on any atom is -0.481 e. The van der Waals surface area contributed by atoms with Crippen LogP contribution in [0.25, 0.3) is 0 Å². The van der Waals surface area contributed by atoms with Gasteiger partial charge in [-0.3, -0.25) is 9.59 Å². The maximum absolute atomic E-state index is 11.2. The van der Waals surface area contributed by atoms with E-state index in [1.54, 1.807) is 0 Å². The van der Waals surface area contributed by atoms with Crippen molar-refractivity contribution in [1.29, 1.82) is 0 Å². The van der Waals surface area contributed by atoms with Gasteiger partial charge in [0.05, 0.1) is 0 Å². The van der Waals surface area contributed by atoms with Crippen molar-refractivity contribution in [3.8, 4) is 0 Å². The number of hydrogen-bond donors (Lipinski definition) is 2. The van der Waals surface area contributed by atoms with E-state index in [1.807, 2.05) is 0 Å². The van der Waals surface area contributed by atoms with Crippen LogP contribution < -0.4 is 5.32 Å². The number of rotatable bonds is 8. The van der Waals surface area contributed by atoms with Crippen molar-refractivity contribution in [2.24, 2.45) is 5.92 Å². The quantitative estimate of drug-likeness (QED) is 0.607. The third-order valence-corrected chi connectivity index (χ3v) is 2.09. The van der Waals surface area contributed by atoms with Crippen LogP contribution in [0.1, 0.15) is 46.0 Å². The summed E-state index contributed by atoms with van der Waals surface area (Å²) in [7, 11) is 0. The molecule has 0 saturated heterocycles. The summed E-state index contributed by atoms with van der Waals surface area (Å²) in [6, 6.07) is 0. The maximum Gasteiger partial charge on any atom is 0.303 e. The molecule has 0 aromatic rings. The summed E-state index contributed by atoms with van der Waals surface area (Å²) in [5.74, 6) is -0.173. The van der Waals surface area contributed by atoms with Crippen LogP contribution >= 0.6 is 0 Å². The molecule has 1 amide bonds. The van der Waals surface area contributed by atoms with Gasteiger partial charge in [-0.1, -0.05) is 13.8 Å². The average molecular weight is 215 g/mol. The molecule has 0 saturated carbocycles. The Kier molecular flexibility index (Phi) is 7.68. The molecule has 0 aliphatic carbocycles. The molecule has 2 N–H and O–H groups in total. The molecule has 0 atom stereocenters. The van der Waals surface area contributed by atoms with E-state index in [0.29, 0.717) is 25.2 Å². The highest BCUT2D eigenvalue weighted by Crippen LogP contribution is 2.00. The first-order valence-electron chi connectivity index (χ1n) is 5.51. The predicted molar refractivity (Wildman–Crippen MR) is 58.6 cm³/mol. The number of carboxylic acids is 1. The average Bonchev–Trinajstić information content (AvgIpc) is 2.11. The highest BCUT2D eigenvalue weighted by atomic mass is 16.4. The molecule has 15 heavy (non-hydrogen) atoms. The van der Waals surface area contributed by atoms with Gasteiger partial charge in [0.15, 0.2) is 0 Å². The molecule has 4 heteroatoms. The second-order valence-corrected chi connectivity index (χ2v) is 4.13. The fraction of sp³-hybridized carbons (Fsp3) is 0.818. The molecular formula is C11H21NO3. The molecule has 4 nitrogen and oxygen atoms in total. The predicted octanol–water partition coefficient (Wildman–Crippen LogP) is 1.79. The first kappa shape index (κ1) is 13.9. The number of hydrogen-bond acceptors (Lipinski definition) is 2. The molecule has 0 unspecified atom stereocenters. The minimum absolute atomic E-state index is 0.0287. The van der Waals surface area contributed by atoms with Crippen LogP contribution in [0.15, 0.2) is 0 Å². The molecule has 0 aromatic carbocycles. The molecule has 0 aromatic heterocycles. The zero-order valence-electron chi connectivity index (χ0n) is 9.58. The molecule has 0 aliphatic rings. The van der Waals surface area contributed by atoms with E-state index in [9.17, 15) is 9.59 Å². The lowest BCUT2D eigenvalue weighted by Crippen LogP contribution is -2.24. The number of carbonyl (C=O) groups is 2. The smallest absolute Gasteiger partial charge is 0.303 e. The van der Waals surface area contributed by atoms with Crippen molar-refractivity contribution in [3.05, 3.63) is 0 Å². The van der Waals surface area contributed by atoms with Gasteiger partial charge in [-0.05, 0) is 25.2 Å². The van der Waals surface area contributed by atoms with Crippen molar-refractivity contribution in [1.82, 2.24) is 5.32 Å². The third-order valence-electron chi connectivity index (χ3n) is 2.09. The summed E-state index contributed by atoms with van der Waals surface area (Å²) in [4.78, 5) is 21.4. The molecule has 0 heterocycles. The summed E-state index contributed by atoms with van der Waals surface area (Å²) in [5.41, 5.74) is 0. The topological polar surface area (TPSA) is 66.4 Å². The minimum atomic E-state index is -0.796. The zero-order valence-corrected chi connectivity index (χ0v) is 9.58. The number of amides is 1. The van der Waals surface area contributed by atoms with E-state index in [-0.39, 0.29) is 12.3 Å². The molecule has 0 aliphatic heterocycles. The summed E-state index contributed by atoms with van der Waals surface area (Å²) < 4.78 is 0. The molecule has 0 radical (unpaired) electrons. The Morgan fingerprint density at radius 1 is 1.20 bits per heavy atom. The van der Waals surface area contributed by atoms with Gasteiger partial charge in [-0.15, -0.1) is 0 Å². The van der Waals surface area contributed by atoms with Gasteiger partial charge in [0, 0.05) is 19.4 Å². The van der Waals surface area contributed by atoms with Crippen LogP contribution in [-0.2, 0) is 9.59 Å². The highest BCUT2D eigenvalue weighted by molar-refractivity contribution is 5.75. The summed E-state index contributed by atoms with van der Waals surface area (Å²) in [5, 5.41) is 11.2. The molecule has 0 spiro atoms. The molecule has 0 bridgehead atoms. The van der Waals surface area contributed by atoms with Gasteiger partial charge >= 0.3 is 5.97 Å². The van der Waals surface area contributed by atoms with Gasteiger partial charge in [-0.2, -0.15) is 0 Å². The maximum atomic E-state index is 11.2. The van der Waals surface area contributed by atoms with Crippen molar-refractivity contribution in [3.63, 3.8) is 0 Å². The largest absolute Gasteiger partial charge is 0.481 e. The van der Waals surface area contributed by atoms with E-state index < -0.39 is 5.97 Å². The van der Waals surface area contributed by atoms with Crippen molar-refractivity contribution in [2.75, 3.05) is 6.54 Å². The Morgan fingerprint density at radius 3 is 2.33 bits per heavy atom. The van der Waals surface area contributed by atoms with E-state index in [4.69, 9.17) is 5.11 Å². The Morgan fingerprint density at radius 2 is 1.80 bits per heavy atom. The van der Waals surface area contributed by atoms with E-state index in [1.165, 1.54) is 0 Å². The second kappa shape index (κ2) is 8.26. The normalized spacial score (nSPS) is 10.3. The fourth-order valence-corrected chi connectivity index (χ4v) is 1.15. The zero-order chi connectivity index (χ0) is 11.7.